The molecule has 0 aromatic carbocycles. The number of nitrogens with zero attached hydrogens (tertiary/aromatic N) is 1. The van der Waals surface area contributed by atoms with E-state index in [1.165, 1.54) is 0 Å². The predicted octanol–water partition coefficient (Wildman–Crippen LogP) is 2.02. The number of carbonyl (C=O) groups is 1. The first-order valence-corrected chi connectivity index (χ1v) is 5.73. The molecule has 0 radical (unpaired) electrons. The van der Waals surface area contributed by atoms with E-state index in [-0.39, 0.29) is 5.91 Å². The number of aromatic nitrogens is 2. The number of amides is 1. The average Bonchev–Trinajstić information content (AvgIpc) is 2.75. The summed E-state index contributed by atoms with van der Waals surface area (Å²) in [5.41, 5.74) is 3.40. The summed E-state index contributed by atoms with van der Waals surface area (Å²) in [7, 11) is 0. The maximum Gasteiger partial charge on any atom is 0.253 e. The third-order valence-corrected chi connectivity index (χ3v) is 3.17. The van der Waals surface area contributed by atoms with Crippen molar-refractivity contribution in [3.05, 3.63) is 40.8 Å². The van der Waals surface area contributed by atoms with Crippen molar-refractivity contribution in [1.82, 2.24) is 15.3 Å². The molecule has 3 heterocycles. The van der Waals surface area contributed by atoms with Gasteiger partial charge in [0.05, 0.1) is 10.6 Å². The molecular weight excluding hydrogens is 238 g/mol. The summed E-state index contributed by atoms with van der Waals surface area (Å²) in [4.78, 5) is 18.8. The molecule has 2 N–H and O–H groups in total. The van der Waals surface area contributed by atoms with Crippen LogP contribution in [0.1, 0.15) is 16.1 Å². The van der Waals surface area contributed by atoms with Crippen LogP contribution in [0.25, 0.3) is 11.3 Å². The zero-order chi connectivity index (χ0) is 11.8. The van der Waals surface area contributed by atoms with E-state index in [1.54, 1.807) is 12.4 Å². The van der Waals surface area contributed by atoms with E-state index < -0.39 is 0 Å². The van der Waals surface area contributed by atoms with Gasteiger partial charge in [-0.25, -0.2) is 0 Å². The highest BCUT2D eigenvalue weighted by Gasteiger charge is 2.20. The van der Waals surface area contributed by atoms with Crippen LogP contribution >= 0.6 is 11.6 Å². The summed E-state index contributed by atoms with van der Waals surface area (Å²) in [6, 6.07) is 3.67. The van der Waals surface area contributed by atoms with Crippen molar-refractivity contribution in [2.45, 2.75) is 6.42 Å². The van der Waals surface area contributed by atoms with Gasteiger partial charge in [-0.3, -0.25) is 9.78 Å². The Hall–Kier alpha value is -1.81. The Morgan fingerprint density at radius 1 is 1.35 bits per heavy atom. The molecule has 2 aromatic rings. The maximum absolute atomic E-state index is 11.6. The van der Waals surface area contributed by atoms with Gasteiger partial charge in [-0.1, -0.05) is 11.6 Å². The third-order valence-electron chi connectivity index (χ3n) is 2.87. The Morgan fingerprint density at radius 2 is 2.24 bits per heavy atom. The molecule has 0 fully saturated rings. The lowest BCUT2D eigenvalue weighted by Crippen LogP contribution is -2.31. The number of rotatable bonds is 1. The summed E-state index contributed by atoms with van der Waals surface area (Å²) in [5.74, 6) is -0.0288. The second-order valence-corrected chi connectivity index (χ2v) is 4.34. The molecule has 0 bridgehead atoms. The first kappa shape index (κ1) is 10.4. The third kappa shape index (κ3) is 1.70. The van der Waals surface area contributed by atoms with E-state index >= 15 is 0 Å². The number of aromatic amines is 1. The molecule has 0 saturated carbocycles. The summed E-state index contributed by atoms with van der Waals surface area (Å²) in [6.07, 6.45) is 4.10. The van der Waals surface area contributed by atoms with Gasteiger partial charge in [0.2, 0.25) is 0 Å². The quantitative estimate of drug-likeness (QED) is 0.810. The van der Waals surface area contributed by atoms with E-state index in [1.807, 2.05) is 12.1 Å². The van der Waals surface area contributed by atoms with Crippen molar-refractivity contribution in [1.29, 1.82) is 0 Å². The van der Waals surface area contributed by atoms with Crippen LogP contribution in [0.15, 0.2) is 24.5 Å². The Kier molecular flexibility index (Phi) is 2.37. The largest absolute Gasteiger partial charge is 0.358 e. The van der Waals surface area contributed by atoms with Crippen molar-refractivity contribution in [3.8, 4) is 11.3 Å². The van der Waals surface area contributed by atoms with Crippen LogP contribution in [-0.4, -0.2) is 22.4 Å². The molecule has 2 aromatic heterocycles. The lowest BCUT2D eigenvalue weighted by atomic mass is 10.1. The highest BCUT2D eigenvalue weighted by Crippen LogP contribution is 2.28. The number of pyridine rings is 1. The van der Waals surface area contributed by atoms with Crippen molar-refractivity contribution in [3.63, 3.8) is 0 Å². The lowest BCUT2D eigenvalue weighted by Gasteiger charge is -2.10. The predicted molar refractivity (Wildman–Crippen MR) is 65.1 cm³/mol. The number of hydrogen-bond donors (Lipinski definition) is 2. The van der Waals surface area contributed by atoms with Crippen LogP contribution < -0.4 is 5.32 Å². The van der Waals surface area contributed by atoms with Gasteiger partial charge in [-0.15, -0.1) is 0 Å². The molecule has 86 valence electrons. The molecular formula is C12H10ClN3O. The van der Waals surface area contributed by atoms with Crippen LogP contribution in [0, 0.1) is 0 Å². The number of fused-ring (bicyclic) bond motifs is 1. The minimum Gasteiger partial charge on any atom is -0.358 e. The van der Waals surface area contributed by atoms with Crippen molar-refractivity contribution in [2.24, 2.45) is 0 Å². The van der Waals surface area contributed by atoms with Crippen LogP contribution in [0.4, 0.5) is 0 Å². The van der Waals surface area contributed by atoms with Gasteiger partial charge in [0.25, 0.3) is 5.91 Å². The highest BCUT2D eigenvalue weighted by molar-refractivity contribution is 6.33. The van der Waals surface area contributed by atoms with Crippen LogP contribution in [0.5, 0.6) is 0 Å². The minimum atomic E-state index is -0.0288. The first-order chi connectivity index (χ1) is 8.25. The normalized spacial score (nSPS) is 14.3. The molecule has 1 amide bonds. The second kappa shape index (κ2) is 3.89. The van der Waals surface area contributed by atoms with Crippen LogP contribution in [-0.2, 0) is 6.42 Å². The fourth-order valence-electron chi connectivity index (χ4n) is 2.03. The van der Waals surface area contributed by atoms with Crippen molar-refractivity contribution in [2.75, 3.05) is 6.54 Å². The molecule has 0 aliphatic carbocycles. The van der Waals surface area contributed by atoms with Crippen molar-refractivity contribution < 1.29 is 4.79 Å². The van der Waals surface area contributed by atoms with E-state index in [9.17, 15) is 4.79 Å². The van der Waals surface area contributed by atoms with Gasteiger partial charge in [0.1, 0.15) is 0 Å². The monoisotopic (exact) mass is 247 g/mol. The standard InChI is InChI=1S/C12H10ClN3O/c13-9-6-14-3-1-7(9)11-5-8-10(16-11)2-4-15-12(8)17/h1,3,5-6,16H,2,4H2,(H,15,17). The molecule has 0 unspecified atom stereocenters. The molecule has 17 heavy (non-hydrogen) atoms. The zero-order valence-corrected chi connectivity index (χ0v) is 9.71. The van der Waals surface area contributed by atoms with E-state index in [2.05, 4.69) is 15.3 Å². The Bertz CT molecular complexity index is 591. The topological polar surface area (TPSA) is 57.8 Å². The Labute approximate surface area is 103 Å². The zero-order valence-electron chi connectivity index (χ0n) is 8.96. The number of H-pyrrole nitrogens is 1. The highest BCUT2D eigenvalue weighted by atomic mass is 35.5. The van der Waals surface area contributed by atoms with Gasteiger partial charge >= 0.3 is 0 Å². The second-order valence-electron chi connectivity index (χ2n) is 3.94. The molecule has 0 atom stereocenters. The number of halogens is 1. The lowest BCUT2D eigenvalue weighted by molar-refractivity contribution is 0.0946. The summed E-state index contributed by atoms with van der Waals surface area (Å²) < 4.78 is 0. The van der Waals surface area contributed by atoms with Gasteiger partial charge < -0.3 is 10.3 Å². The first-order valence-electron chi connectivity index (χ1n) is 5.35. The molecule has 0 saturated heterocycles. The summed E-state index contributed by atoms with van der Waals surface area (Å²) >= 11 is 6.08. The fraction of sp³-hybridized carbons (Fsp3) is 0.167. The smallest absolute Gasteiger partial charge is 0.253 e. The molecule has 5 heteroatoms. The maximum atomic E-state index is 11.6. The number of nitrogens with one attached hydrogen (secondary N) is 2. The fourth-order valence-corrected chi connectivity index (χ4v) is 2.25. The molecule has 3 rings (SSSR count). The van der Waals surface area contributed by atoms with Gasteiger partial charge in [-0.2, -0.15) is 0 Å². The molecule has 1 aliphatic heterocycles. The summed E-state index contributed by atoms with van der Waals surface area (Å²) in [6.45, 7) is 0.676. The van der Waals surface area contributed by atoms with Crippen LogP contribution in [0.3, 0.4) is 0 Å². The van der Waals surface area contributed by atoms with Gasteiger partial charge in [-0.05, 0) is 12.1 Å². The number of carbonyl (C=O) groups excluding carboxylic acids is 1. The van der Waals surface area contributed by atoms with E-state index in [0.29, 0.717) is 17.1 Å². The average molecular weight is 248 g/mol. The van der Waals surface area contributed by atoms with E-state index in [4.69, 9.17) is 11.6 Å². The Morgan fingerprint density at radius 3 is 3.00 bits per heavy atom. The molecule has 4 nitrogen and oxygen atoms in total. The van der Waals surface area contributed by atoms with E-state index in [0.717, 1.165) is 23.4 Å². The molecule has 1 aliphatic rings. The number of hydrogen-bond acceptors (Lipinski definition) is 2. The van der Waals surface area contributed by atoms with Crippen LogP contribution in [0.2, 0.25) is 5.02 Å². The SMILES string of the molecule is O=C1NCCc2[nH]c(-c3ccncc3Cl)cc21. The summed E-state index contributed by atoms with van der Waals surface area (Å²) in [5, 5.41) is 3.39. The van der Waals surface area contributed by atoms with Gasteiger partial charge in [0, 0.05) is 42.3 Å². The molecule has 0 spiro atoms. The van der Waals surface area contributed by atoms with Crippen molar-refractivity contribution >= 4 is 17.5 Å². The van der Waals surface area contributed by atoms with Gasteiger partial charge in [0.15, 0.2) is 0 Å². The minimum absolute atomic E-state index is 0.0288. The Balaban J connectivity index is 2.11.